The van der Waals surface area contributed by atoms with Crippen molar-refractivity contribution >= 4 is 18.0 Å². The van der Waals surface area contributed by atoms with Gasteiger partial charge in [-0.15, -0.1) is 0 Å². The van der Waals surface area contributed by atoms with Gasteiger partial charge >= 0.3 is 24.2 Å². The highest BCUT2D eigenvalue weighted by Gasteiger charge is 2.38. The number of ether oxygens (including phenoxy) is 2. The second kappa shape index (κ2) is 12.5. The Morgan fingerprint density at radius 2 is 1.70 bits per heavy atom. The first-order valence-electron chi connectivity index (χ1n) is 7.35. The van der Waals surface area contributed by atoms with Crippen LogP contribution >= 0.6 is 0 Å². The molecular formula is C15H19F3N2O7. The van der Waals surface area contributed by atoms with Crippen LogP contribution < -0.4 is 11.1 Å². The number of nitrogens with one attached hydrogen (secondary N) is 1. The summed E-state index contributed by atoms with van der Waals surface area (Å²) in [6.45, 7) is 0.422. The molecule has 0 aliphatic heterocycles. The van der Waals surface area contributed by atoms with E-state index >= 15 is 0 Å². The van der Waals surface area contributed by atoms with E-state index in [-0.39, 0.29) is 26.4 Å². The summed E-state index contributed by atoms with van der Waals surface area (Å²) in [5.74, 6) is -3.95. The maximum Gasteiger partial charge on any atom is 0.490 e. The molecule has 9 nitrogen and oxygen atoms in total. The number of aliphatic carboxylic acids is 2. The second-order valence-electron chi connectivity index (χ2n) is 4.76. The predicted octanol–water partition coefficient (Wildman–Crippen LogP) is 0.975. The maximum absolute atomic E-state index is 11.5. The van der Waals surface area contributed by atoms with E-state index in [9.17, 15) is 22.8 Å². The minimum absolute atomic E-state index is 0.0721. The number of benzene rings is 1. The number of hydrogen-bond donors (Lipinski definition) is 4. The number of carboxylic acid groups (broad SMARTS) is 2. The van der Waals surface area contributed by atoms with Crippen LogP contribution in [-0.4, -0.2) is 60.2 Å². The van der Waals surface area contributed by atoms with Crippen LogP contribution in [-0.2, 0) is 25.7 Å². The van der Waals surface area contributed by atoms with E-state index in [0.717, 1.165) is 5.56 Å². The van der Waals surface area contributed by atoms with Crippen LogP contribution in [0.4, 0.5) is 18.0 Å². The van der Waals surface area contributed by atoms with E-state index in [1.54, 1.807) is 12.1 Å². The highest BCUT2D eigenvalue weighted by molar-refractivity contribution is 5.80. The van der Waals surface area contributed by atoms with Gasteiger partial charge in [-0.1, -0.05) is 30.3 Å². The Hall–Kier alpha value is -2.86. The highest BCUT2D eigenvalue weighted by atomic mass is 19.4. The molecule has 0 aliphatic rings. The molecule has 1 aromatic carbocycles. The van der Waals surface area contributed by atoms with Gasteiger partial charge in [-0.05, 0) is 5.56 Å². The van der Waals surface area contributed by atoms with Crippen LogP contribution in [0.5, 0.6) is 0 Å². The molecule has 0 aromatic heterocycles. The first-order valence-corrected chi connectivity index (χ1v) is 7.35. The average Bonchev–Trinajstić information content (AvgIpc) is 2.59. The Morgan fingerprint density at radius 3 is 2.15 bits per heavy atom. The van der Waals surface area contributed by atoms with Crippen molar-refractivity contribution in [1.82, 2.24) is 5.32 Å². The molecule has 152 valence electrons. The molecular weight excluding hydrogens is 377 g/mol. The van der Waals surface area contributed by atoms with Crippen LogP contribution in [0.1, 0.15) is 5.56 Å². The molecule has 0 fully saturated rings. The third-order valence-electron chi connectivity index (χ3n) is 2.59. The standard InChI is InChI=1S/C13H18N2O5.C2HF3O2/c14-6-7-19-9-11(12(16)17)15-13(18)20-8-10-4-2-1-3-5-10;3-2(4,5)1(6)7/h1-5,11H,6-9,14H2,(H,15,18)(H,16,17);(H,6,7)/t11-;/m0./s1. The molecule has 1 atom stereocenters. The highest BCUT2D eigenvalue weighted by Crippen LogP contribution is 2.13. The Labute approximate surface area is 151 Å². The fourth-order valence-electron chi connectivity index (χ4n) is 1.37. The van der Waals surface area contributed by atoms with E-state index < -0.39 is 30.2 Å². The van der Waals surface area contributed by atoms with Crippen LogP contribution in [0.15, 0.2) is 30.3 Å². The van der Waals surface area contributed by atoms with Crippen LogP contribution in [0.3, 0.4) is 0 Å². The molecule has 0 heterocycles. The zero-order valence-corrected chi connectivity index (χ0v) is 13.9. The van der Waals surface area contributed by atoms with Gasteiger partial charge in [0.2, 0.25) is 0 Å². The first kappa shape index (κ1) is 24.1. The van der Waals surface area contributed by atoms with Gasteiger partial charge in [0.1, 0.15) is 6.61 Å². The van der Waals surface area contributed by atoms with Gasteiger partial charge < -0.3 is 30.7 Å². The summed E-state index contributed by atoms with van der Waals surface area (Å²) in [7, 11) is 0. The van der Waals surface area contributed by atoms with Crippen LogP contribution in [0.25, 0.3) is 0 Å². The fourth-order valence-corrected chi connectivity index (χ4v) is 1.37. The van der Waals surface area contributed by atoms with E-state index in [4.69, 9.17) is 30.2 Å². The molecule has 0 saturated carbocycles. The lowest BCUT2D eigenvalue weighted by molar-refractivity contribution is -0.192. The molecule has 0 radical (unpaired) electrons. The maximum atomic E-state index is 11.5. The Morgan fingerprint density at radius 1 is 1.15 bits per heavy atom. The van der Waals surface area contributed by atoms with Gasteiger partial charge in [0.25, 0.3) is 0 Å². The minimum Gasteiger partial charge on any atom is -0.480 e. The monoisotopic (exact) mass is 396 g/mol. The number of hydrogen-bond acceptors (Lipinski definition) is 6. The number of amides is 1. The molecule has 0 bridgehead atoms. The molecule has 5 N–H and O–H groups in total. The summed E-state index contributed by atoms with van der Waals surface area (Å²) >= 11 is 0. The number of halogens is 3. The zero-order valence-electron chi connectivity index (χ0n) is 13.9. The van der Waals surface area contributed by atoms with Crippen molar-refractivity contribution < 1.29 is 47.2 Å². The predicted molar refractivity (Wildman–Crippen MR) is 84.8 cm³/mol. The Balaban J connectivity index is 0.000000821. The minimum atomic E-state index is -5.08. The van der Waals surface area contributed by atoms with Crippen molar-refractivity contribution in [2.24, 2.45) is 5.73 Å². The van der Waals surface area contributed by atoms with E-state index in [1.165, 1.54) is 0 Å². The molecule has 0 saturated heterocycles. The molecule has 12 heteroatoms. The third kappa shape index (κ3) is 12.2. The molecule has 1 rings (SSSR count). The normalized spacial score (nSPS) is 11.6. The summed E-state index contributed by atoms with van der Waals surface area (Å²) < 4.78 is 41.7. The number of nitrogens with two attached hydrogens (primary N) is 1. The first-order chi connectivity index (χ1) is 12.6. The number of carbonyl (C=O) groups is 3. The zero-order chi connectivity index (χ0) is 20.9. The number of carboxylic acids is 2. The molecule has 27 heavy (non-hydrogen) atoms. The Kier molecular flexibility index (Phi) is 11.2. The van der Waals surface area contributed by atoms with Gasteiger partial charge in [0.15, 0.2) is 6.04 Å². The third-order valence-corrected chi connectivity index (χ3v) is 2.59. The number of carbonyl (C=O) groups excluding carboxylic acids is 1. The van der Waals surface area contributed by atoms with Crippen LogP contribution in [0, 0.1) is 0 Å². The van der Waals surface area contributed by atoms with Crippen molar-refractivity contribution in [2.45, 2.75) is 18.8 Å². The molecule has 0 aliphatic carbocycles. The van der Waals surface area contributed by atoms with Crippen molar-refractivity contribution in [3.63, 3.8) is 0 Å². The van der Waals surface area contributed by atoms with Crippen LogP contribution in [0.2, 0.25) is 0 Å². The Bertz CT molecular complexity index is 597. The second-order valence-corrected chi connectivity index (χ2v) is 4.76. The number of alkyl halides is 3. The van der Waals surface area contributed by atoms with E-state index in [0.29, 0.717) is 0 Å². The summed E-state index contributed by atoms with van der Waals surface area (Å²) in [6.07, 6.45) is -5.89. The van der Waals surface area contributed by atoms with Gasteiger partial charge in [0, 0.05) is 6.54 Å². The van der Waals surface area contributed by atoms with Crippen molar-refractivity contribution in [1.29, 1.82) is 0 Å². The summed E-state index contributed by atoms with van der Waals surface area (Å²) in [5.41, 5.74) is 6.03. The summed E-state index contributed by atoms with van der Waals surface area (Å²) in [6, 6.07) is 7.91. The quantitative estimate of drug-likeness (QED) is 0.475. The largest absolute Gasteiger partial charge is 0.490 e. The topological polar surface area (TPSA) is 148 Å². The SMILES string of the molecule is NCCOC[C@H](NC(=O)OCc1ccccc1)C(=O)O.O=C(O)C(F)(F)F. The lowest BCUT2D eigenvalue weighted by Crippen LogP contribution is -2.44. The van der Waals surface area contributed by atoms with Crippen molar-refractivity contribution in [3.8, 4) is 0 Å². The van der Waals surface area contributed by atoms with Gasteiger partial charge in [-0.3, -0.25) is 0 Å². The lowest BCUT2D eigenvalue weighted by atomic mass is 10.2. The molecule has 0 unspecified atom stereocenters. The summed E-state index contributed by atoms with van der Waals surface area (Å²) in [5, 5.41) is 18.3. The molecule has 1 aromatic rings. The average molecular weight is 396 g/mol. The van der Waals surface area contributed by atoms with E-state index in [2.05, 4.69) is 5.32 Å². The molecule has 0 spiro atoms. The summed E-state index contributed by atoms with van der Waals surface area (Å²) in [4.78, 5) is 31.3. The number of alkyl carbamates (subject to hydrolysis) is 1. The van der Waals surface area contributed by atoms with Crippen molar-refractivity contribution in [3.05, 3.63) is 35.9 Å². The van der Waals surface area contributed by atoms with Gasteiger partial charge in [-0.25, -0.2) is 14.4 Å². The number of rotatable bonds is 8. The lowest BCUT2D eigenvalue weighted by Gasteiger charge is -2.14. The fraction of sp³-hybridized carbons (Fsp3) is 0.400. The van der Waals surface area contributed by atoms with E-state index in [1.807, 2.05) is 18.2 Å². The van der Waals surface area contributed by atoms with Gasteiger partial charge in [0.05, 0.1) is 13.2 Å². The smallest absolute Gasteiger partial charge is 0.480 e. The van der Waals surface area contributed by atoms with Gasteiger partial charge in [-0.2, -0.15) is 13.2 Å². The molecule has 1 amide bonds. The van der Waals surface area contributed by atoms with Crippen molar-refractivity contribution in [2.75, 3.05) is 19.8 Å².